The first-order chi connectivity index (χ1) is 62.9. The molecule has 0 saturated heterocycles. The number of aliphatic hydroxyl groups is 11. The molecule has 0 saturated carbocycles. The predicted molar refractivity (Wildman–Crippen MR) is 561 cm³/mol. The molecule has 0 bridgehead atoms. The fourth-order valence-electron chi connectivity index (χ4n) is 16.0. The number of carbonyl (C=O) groups is 6. The van der Waals surface area contributed by atoms with Crippen LogP contribution in [0, 0.1) is 94.6 Å². The number of aliphatic hydroxyl groups excluding tert-OH is 11. The van der Waals surface area contributed by atoms with Crippen molar-refractivity contribution >= 4 is 35.8 Å². The molecule has 0 spiro atoms. The summed E-state index contributed by atoms with van der Waals surface area (Å²) in [5, 5.41) is 157. The van der Waals surface area contributed by atoms with E-state index in [1.807, 2.05) is 0 Å². The molecule has 0 radical (unpaired) electrons. The third-order valence-corrected chi connectivity index (χ3v) is 28.9. The lowest BCUT2D eigenvalue weighted by molar-refractivity contribution is -0.148. The lowest BCUT2D eigenvalue weighted by Crippen LogP contribution is -2.23. The van der Waals surface area contributed by atoms with Crippen LogP contribution in [0.1, 0.15) is 519 Å². The van der Waals surface area contributed by atoms with Crippen LogP contribution in [0.15, 0.2) is 0 Å². The van der Waals surface area contributed by atoms with Crippen LogP contribution in [0.25, 0.3) is 0 Å². The van der Waals surface area contributed by atoms with E-state index in [4.69, 9.17) is 30.6 Å². The SMILES string of the molecule is CC(C)(CCCCC(CO)CCCCC(C)(C)C(=O)O)C(=O)O.CC(C)(CCCCCC(CO)CCCCCC(C)(C)C(=O)O)C(=O)O.CC(C)(CO)CCCCC(CO)CCCCC(C)(C)C(=O)O.CC(C)(CO)CCCCC(CO)CCCCC(C)(C)CO.CC(C)(CO)CCCCCC(CO)CCCCCC(C)(C)C(=O)O.CC(C)(CO)CCCCCCCCCCCC(C)(C)CO. The van der Waals surface area contributed by atoms with Gasteiger partial charge in [-0.25, -0.2) is 0 Å². The van der Waals surface area contributed by atoms with E-state index in [0.717, 1.165) is 257 Å². The number of hydrogen-bond donors (Lipinski definition) is 17. The lowest BCUT2D eigenvalue weighted by atomic mass is 9.85. The van der Waals surface area contributed by atoms with E-state index in [1.54, 1.807) is 83.1 Å². The summed E-state index contributed by atoms with van der Waals surface area (Å²) in [4.78, 5) is 66.2. The van der Waals surface area contributed by atoms with E-state index in [2.05, 4.69) is 83.1 Å². The van der Waals surface area contributed by atoms with Gasteiger partial charge < -0.3 is 86.8 Å². The average Bonchev–Trinajstić information content (AvgIpc) is 0.919. The molecule has 0 heterocycles. The Bertz CT molecular complexity index is 2760. The van der Waals surface area contributed by atoms with Crippen LogP contribution in [0.4, 0.5) is 0 Å². The molecule has 0 aliphatic rings. The maximum Gasteiger partial charge on any atom is 0.309 e. The molecule has 23 nitrogen and oxygen atoms in total. The van der Waals surface area contributed by atoms with Crippen molar-refractivity contribution in [3.05, 3.63) is 0 Å². The summed E-state index contributed by atoms with van der Waals surface area (Å²) >= 11 is 0. The molecule has 0 aliphatic carbocycles. The number of rotatable bonds is 83. The number of carboxylic acids is 6. The maximum absolute atomic E-state index is 11.0. The molecule has 0 aromatic carbocycles. The van der Waals surface area contributed by atoms with Gasteiger partial charge in [-0.2, -0.15) is 0 Å². The summed E-state index contributed by atoms with van der Waals surface area (Å²) in [6.45, 7) is 49.0. The van der Waals surface area contributed by atoms with Gasteiger partial charge in [0.25, 0.3) is 0 Å². The van der Waals surface area contributed by atoms with E-state index in [-0.39, 0.29) is 97.9 Å². The van der Waals surface area contributed by atoms with Gasteiger partial charge in [-0.1, -0.05) is 295 Å². The molecule has 2 unspecified atom stereocenters. The van der Waals surface area contributed by atoms with Crippen molar-refractivity contribution in [2.45, 2.75) is 519 Å². The van der Waals surface area contributed by atoms with E-state index in [9.17, 15) is 84.9 Å². The minimum atomic E-state index is -0.766. The summed E-state index contributed by atoms with van der Waals surface area (Å²) in [6, 6.07) is 0. The molecule has 0 aliphatic heterocycles. The Morgan fingerprint density at radius 3 is 0.346 bits per heavy atom. The topological polar surface area (TPSA) is 446 Å². The Labute approximate surface area is 833 Å². The van der Waals surface area contributed by atoms with Crippen LogP contribution in [-0.2, 0) is 28.8 Å². The number of unbranched alkanes of at least 4 members (excludes halogenated alkanes) is 22. The van der Waals surface area contributed by atoms with Gasteiger partial charge in [-0.3, -0.25) is 28.8 Å². The minimum Gasteiger partial charge on any atom is -0.481 e. The van der Waals surface area contributed by atoms with Crippen molar-refractivity contribution in [3.63, 3.8) is 0 Å². The molecule has 0 aromatic rings. The molecule has 0 aromatic heterocycles. The van der Waals surface area contributed by atoms with Gasteiger partial charge in [-0.15, -0.1) is 0 Å². The second-order valence-electron chi connectivity index (χ2n) is 49.9. The molecule has 0 rings (SSSR count). The molecule has 23 heteroatoms. The van der Waals surface area contributed by atoms with Gasteiger partial charge in [0.2, 0.25) is 0 Å². The Kier molecular flexibility index (Phi) is 83.9. The van der Waals surface area contributed by atoms with Gasteiger partial charge in [0.15, 0.2) is 0 Å². The summed E-state index contributed by atoms with van der Waals surface area (Å²) < 4.78 is 0. The van der Waals surface area contributed by atoms with Crippen LogP contribution < -0.4 is 0 Å². The van der Waals surface area contributed by atoms with Gasteiger partial charge >= 0.3 is 35.8 Å². The highest BCUT2D eigenvalue weighted by atomic mass is 16.4. The smallest absolute Gasteiger partial charge is 0.309 e. The molecule has 136 heavy (non-hydrogen) atoms. The number of aliphatic carboxylic acids is 6. The highest BCUT2D eigenvalue weighted by molar-refractivity contribution is 5.75. The standard InChI is InChI=1S/C20H38O5.C20H40O4.C19H40O2.C18H34O5.C18H36O4.C18H38O3/c1-19(2,17(22)23)13-9-5-7-11-16(15-21)12-8-6-10-14-20(3,4)18(24)25;1-19(2,16-22)13-9-5-7-11-17(15-21)12-8-6-10-14-20(3,4)18(23)24;1-18(2,16-20)14-12-10-8-6-5-7-9-11-13-15-19(3,4)17-21;1-17(2,15(20)21)11-7-5-9-14(13-19)10-6-8-12-18(3,4)16(22)23;1-17(2,14-20)11-7-5-9-15(13-19)10-6-8-12-18(3,4)16(21)22;1-17(2,14-20)11-7-5-9-16(13-19)10-6-8-12-18(3,4)15-21/h16,21H,5-15H2,1-4H3,(H,22,23)(H,24,25);17,21-22H,5-16H2,1-4H3,(H,23,24);20-21H,5-17H2,1-4H3;14,19H,5-13H2,1-4H3,(H,20,21)(H,22,23);15,19-20H,5-14H2,1-4H3,(H,21,22);16,19-21H,5-15H2,1-4H3. The molecule has 0 fully saturated rings. The summed E-state index contributed by atoms with van der Waals surface area (Å²) in [5.74, 6) is -2.82. The highest BCUT2D eigenvalue weighted by Gasteiger charge is 2.33. The minimum absolute atomic E-state index is 0.00285. The first-order valence-corrected chi connectivity index (χ1v) is 54.0. The van der Waals surface area contributed by atoms with Crippen molar-refractivity contribution in [3.8, 4) is 0 Å². The molecule has 816 valence electrons. The van der Waals surface area contributed by atoms with Gasteiger partial charge in [0.1, 0.15) is 0 Å². The number of carboxylic acid groups (broad SMARTS) is 6. The van der Waals surface area contributed by atoms with Gasteiger partial charge in [0.05, 0.1) is 32.5 Å². The first kappa shape index (κ1) is 143. The van der Waals surface area contributed by atoms with Crippen LogP contribution in [0.2, 0.25) is 0 Å². The molecular formula is C113H226O23. The van der Waals surface area contributed by atoms with Crippen LogP contribution in [-0.4, -0.2) is 195 Å². The maximum atomic E-state index is 11.0. The Morgan fingerprint density at radius 1 is 0.147 bits per heavy atom. The third kappa shape index (κ3) is 84.8. The number of hydrogen-bond acceptors (Lipinski definition) is 17. The largest absolute Gasteiger partial charge is 0.481 e. The zero-order chi connectivity index (χ0) is 106. The van der Waals surface area contributed by atoms with Crippen molar-refractivity contribution in [1.29, 1.82) is 0 Å². The lowest BCUT2D eigenvalue weighted by Gasteiger charge is -2.23. The third-order valence-electron chi connectivity index (χ3n) is 28.9. The van der Waals surface area contributed by atoms with E-state index < -0.39 is 68.3 Å². The van der Waals surface area contributed by atoms with Crippen molar-refractivity contribution < 1.29 is 116 Å². The second-order valence-corrected chi connectivity index (χ2v) is 49.9. The first-order valence-electron chi connectivity index (χ1n) is 54.0. The van der Waals surface area contributed by atoms with Crippen LogP contribution >= 0.6 is 0 Å². The van der Waals surface area contributed by atoms with Crippen molar-refractivity contribution in [2.75, 3.05) is 72.7 Å². The molecule has 0 amide bonds. The molecule has 2 atom stereocenters. The van der Waals surface area contributed by atoms with E-state index in [1.165, 1.54) is 57.8 Å². The van der Waals surface area contributed by atoms with E-state index >= 15 is 0 Å². The van der Waals surface area contributed by atoms with Crippen molar-refractivity contribution in [2.24, 2.45) is 94.6 Å². The second kappa shape index (κ2) is 79.7. The molecule has 17 N–H and O–H groups in total. The summed E-state index contributed by atoms with van der Waals surface area (Å²) in [7, 11) is 0. The fourth-order valence-corrected chi connectivity index (χ4v) is 16.0. The fraction of sp³-hybridized carbons (Fsp3) is 0.947. The van der Waals surface area contributed by atoms with Gasteiger partial charge in [-0.05, 0) is 286 Å². The van der Waals surface area contributed by atoms with Crippen LogP contribution in [0.5, 0.6) is 0 Å². The zero-order valence-corrected chi connectivity index (χ0v) is 92.6. The Balaban J connectivity index is -0.000000373. The quantitative estimate of drug-likeness (QED) is 0.0251. The van der Waals surface area contributed by atoms with Crippen LogP contribution in [0.3, 0.4) is 0 Å². The normalized spacial score (nSPS) is 13.2. The van der Waals surface area contributed by atoms with Gasteiger partial charge in [0, 0.05) is 72.7 Å². The Morgan fingerprint density at radius 2 is 0.235 bits per heavy atom. The monoisotopic (exact) mass is 1950 g/mol. The predicted octanol–water partition coefficient (Wildman–Crippen LogP) is 26.2. The molecular weight excluding hydrogens is 1730 g/mol. The Hall–Kier alpha value is -3.62. The van der Waals surface area contributed by atoms with Crippen molar-refractivity contribution in [1.82, 2.24) is 0 Å². The summed E-state index contributed by atoms with van der Waals surface area (Å²) in [6.07, 6.45) is 56.8. The van der Waals surface area contributed by atoms with E-state index in [0.29, 0.717) is 75.4 Å². The highest BCUT2D eigenvalue weighted by Crippen LogP contribution is 2.36. The zero-order valence-electron chi connectivity index (χ0n) is 92.6. The average molecular weight is 1950 g/mol. The summed E-state index contributed by atoms with van der Waals surface area (Å²) in [5.41, 5.74) is -3.63.